The maximum absolute atomic E-state index is 13.9. The molecule has 0 unspecified atom stereocenters. The Labute approximate surface area is 153 Å². The smallest absolute Gasteiger partial charge is 0.321 e. The van der Waals surface area contributed by atoms with Gasteiger partial charge in [-0.3, -0.25) is 0 Å². The number of urea groups is 1. The molecule has 0 atom stereocenters. The van der Waals surface area contributed by atoms with Gasteiger partial charge < -0.3 is 15.1 Å². The number of piperazine rings is 1. The molecule has 4 nitrogen and oxygen atoms in total. The molecule has 2 aromatic rings. The fraction of sp³-hybridized carbons (Fsp3) is 0.235. The molecule has 0 radical (unpaired) electrons. The van der Waals surface area contributed by atoms with Crippen molar-refractivity contribution in [3.8, 4) is 0 Å². The van der Waals surface area contributed by atoms with Crippen LogP contribution in [0.15, 0.2) is 36.4 Å². The Bertz CT molecular complexity index is 755. The van der Waals surface area contributed by atoms with Crippen molar-refractivity contribution in [1.82, 2.24) is 4.90 Å². The predicted molar refractivity (Wildman–Crippen MR) is 95.6 cm³/mol. The largest absolute Gasteiger partial charge is 0.363 e. The zero-order valence-corrected chi connectivity index (χ0v) is 14.6. The van der Waals surface area contributed by atoms with Gasteiger partial charge in [0.1, 0.15) is 17.3 Å². The Kier molecular flexibility index (Phi) is 5.30. The number of hydrogen-bond donors (Lipinski definition) is 1. The van der Waals surface area contributed by atoms with E-state index in [1.165, 1.54) is 18.2 Å². The lowest BCUT2D eigenvalue weighted by atomic mass is 10.2. The van der Waals surface area contributed by atoms with E-state index < -0.39 is 11.6 Å². The third-order valence-electron chi connectivity index (χ3n) is 3.93. The number of halogens is 4. The average molecular weight is 386 g/mol. The molecule has 0 saturated carbocycles. The molecule has 1 fully saturated rings. The van der Waals surface area contributed by atoms with Crippen molar-refractivity contribution in [3.63, 3.8) is 0 Å². The number of carbonyl (C=O) groups excluding carboxylic acids is 1. The first-order valence-electron chi connectivity index (χ1n) is 7.65. The van der Waals surface area contributed by atoms with Crippen molar-refractivity contribution in [2.45, 2.75) is 0 Å². The quantitative estimate of drug-likeness (QED) is 0.817. The fourth-order valence-electron chi connectivity index (χ4n) is 2.75. The zero-order chi connectivity index (χ0) is 18.0. The normalized spacial score (nSPS) is 14.6. The second kappa shape index (κ2) is 7.45. The first-order chi connectivity index (χ1) is 11.9. The van der Waals surface area contributed by atoms with Gasteiger partial charge in [0.25, 0.3) is 0 Å². The van der Waals surface area contributed by atoms with Crippen LogP contribution in [0.2, 0.25) is 10.0 Å². The lowest BCUT2D eigenvalue weighted by Crippen LogP contribution is -2.50. The van der Waals surface area contributed by atoms with E-state index in [2.05, 4.69) is 5.32 Å². The number of hydrogen-bond acceptors (Lipinski definition) is 2. The minimum atomic E-state index is -0.605. The van der Waals surface area contributed by atoms with Crippen LogP contribution < -0.4 is 10.2 Å². The monoisotopic (exact) mass is 385 g/mol. The number of amides is 2. The molecule has 1 aliphatic rings. The zero-order valence-electron chi connectivity index (χ0n) is 13.1. The van der Waals surface area contributed by atoms with Crippen LogP contribution in [0.3, 0.4) is 0 Å². The predicted octanol–water partition coefficient (Wildman–Crippen LogP) is 4.63. The minimum absolute atomic E-state index is 0.0517. The second-order valence-electron chi connectivity index (χ2n) is 5.63. The first-order valence-corrected chi connectivity index (χ1v) is 8.40. The molecule has 1 N–H and O–H groups in total. The third kappa shape index (κ3) is 4.14. The van der Waals surface area contributed by atoms with E-state index in [-0.39, 0.29) is 11.7 Å². The Hall–Kier alpha value is -2.05. The molecule has 0 aliphatic carbocycles. The molecule has 2 aromatic carbocycles. The number of para-hydroxylation sites is 1. The van der Waals surface area contributed by atoms with Gasteiger partial charge in [-0.1, -0.05) is 29.3 Å². The number of benzene rings is 2. The van der Waals surface area contributed by atoms with Crippen LogP contribution in [0.25, 0.3) is 0 Å². The Morgan fingerprint density at radius 2 is 1.52 bits per heavy atom. The van der Waals surface area contributed by atoms with Crippen LogP contribution in [0.5, 0.6) is 0 Å². The Morgan fingerprint density at radius 3 is 2.08 bits per heavy atom. The standard InChI is InChI=1S/C17H15Cl2F2N3O/c18-11-8-12(19)10-13(9-11)22-17(25)24-6-4-23(5-7-24)16-14(20)2-1-3-15(16)21/h1-3,8-10H,4-7H2,(H,22,25). The molecule has 1 heterocycles. The summed E-state index contributed by atoms with van der Waals surface area (Å²) in [6.45, 7) is 1.35. The van der Waals surface area contributed by atoms with Crippen LogP contribution in [0, 0.1) is 11.6 Å². The highest BCUT2D eigenvalue weighted by Gasteiger charge is 2.24. The number of anilines is 2. The summed E-state index contributed by atoms with van der Waals surface area (Å²) in [5.74, 6) is -1.21. The van der Waals surface area contributed by atoms with Gasteiger partial charge in [-0.25, -0.2) is 13.6 Å². The van der Waals surface area contributed by atoms with Crippen molar-refractivity contribution < 1.29 is 13.6 Å². The lowest BCUT2D eigenvalue weighted by molar-refractivity contribution is 0.208. The molecule has 1 saturated heterocycles. The summed E-state index contributed by atoms with van der Waals surface area (Å²) >= 11 is 11.8. The minimum Gasteiger partial charge on any atom is -0.363 e. The van der Waals surface area contributed by atoms with Crippen LogP contribution in [0.1, 0.15) is 0 Å². The molecule has 0 bridgehead atoms. The van der Waals surface area contributed by atoms with Crippen molar-refractivity contribution in [1.29, 1.82) is 0 Å². The summed E-state index contributed by atoms with van der Waals surface area (Å²) in [6.07, 6.45) is 0. The lowest BCUT2D eigenvalue weighted by Gasteiger charge is -2.36. The molecular formula is C17H15Cl2F2N3O. The molecular weight excluding hydrogens is 371 g/mol. The van der Waals surface area contributed by atoms with Crippen molar-refractivity contribution in [3.05, 3.63) is 58.1 Å². The fourth-order valence-corrected chi connectivity index (χ4v) is 3.28. The van der Waals surface area contributed by atoms with E-state index in [0.29, 0.717) is 41.9 Å². The van der Waals surface area contributed by atoms with Crippen LogP contribution in [0.4, 0.5) is 25.0 Å². The molecule has 1 aliphatic heterocycles. The maximum atomic E-state index is 13.9. The Balaban J connectivity index is 1.63. The van der Waals surface area contributed by atoms with Crippen LogP contribution >= 0.6 is 23.2 Å². The highest BCUT2D eigenvalue weighted by atomic mass is 35.5. The summed E-state index contributed by atoms with van der Waals surface area (Å²) in [5, 5.41) is 3.56. The van der Waals surface area contributed by atoms with E-state index in [1.807, 2.05) is 0 Å². The second-order valence-corrected chi connectivity index (χ2v) is 6.51. The summed E-state index contributed by atoms with van der Waals surface area (Å²) in [4.78, 5) is 15.5. The number of carbonyl (C=O) groups is 1. The van der Waals surface area contributed by atoms with Crippen LogP contribution in [-0.2, 0) is 0 Å². The van der Waals surface area contributed by atoms with Crippen molar-refractivity contribution >= 4 is 40.6 Å². The van der Waals surface area contributed by atoms with Crippen molar-refractivity contribution in [2.75, 3.05) is 36.4 Å². The van der Waals surface area contributed by atoms with E-state index in [9.17, 15) is 13.6 Å². The third-order valence-corrected chi connectivity index (χ3v) is 4.37. The highest BCUT2D eigenvalue weighted by Crippen LogP contribution is 2.25. The number of nitrogens with zero attached hydrogens (tertiary/aromatic N) is 2. The maximum Gasteiger partial charge on any atom is 0.321 e. The van der Waals surface area contributed by atoms with E-state index in [4.69, 9.17) is 23.2 Å². The Morgan fingerprint density at radius 1 is 0.960 bits per heavy atom. The topological polar surface area (TPSA) is 35.6 Å². The molecule has 132 valence electrons. The molecule has 8 heteroatoms. The first kappa shape index (κ1) is 17.8. The van der Waals surface area contributed by atoms with Gasteiger partial charge in [-0.2, -0.15) is 0 Å². The van der Waals surface area contributed by atoms with Gasteiger partial charge >= 0.3 is 6.03 Å². The molecule has 0 spiro atoms. The van der Waals surface area contributed by atoms with Gasteiger partial charge in [0.15, 0.2) is 0 Å². The van der Waals surface area contributed by atoms with Gasteiger partial charge in [0.2, 0.25) is 0 Å². The number of rotatable bonds is 2. The van der Waals surface area contributed by atoms with Crippen molar-refractivity contribution in [2.24, 2.45) is 0 Å². The van der Waals surface area contributed by atoms with Gasteiger partial charge in [0.05, 0.1) is 0 Å². The highest BCUT2D eigenvalue weighted by molar-refractivity contribution is 6.35. The number of nitrogens with one attached hydrogen (secondary N) is 1. The summed E-state index contributed by atoms with van der Waals surface area (Å²) in [7, 11) is 0. The van der Waals surface area contributed by atoms with Crippen LogP contribution in [-0.4, -0.2) is 37.1 Å². The van der Waals surface area contributed by atoms with Gasteiger partial charge in [0, 0.05) is 41.9 Å². The van der Waals surface area contributed by atoms with E-state index in [0.717, 1.165) is 0 Å². The summed E-state index contributed by atoms with van der Waals surface area (Å²) in [6, 6.07) is 8.22. The molecule has 0 aromatic heterocycles. The summed E-state index contributed by atoms with van der Waals surface area (Å²) in [5.41, 5.74) is 0.439. The molecule has 3 rings (SSSR count). The average Bonchev–Trinajstić information content (AvgIpc) is 2.54. The van der Waals surface area contributed by atoms with Gasteiger partial charge in [-0.15, -0.1) is 0 Å². The molecule has 25 heavy (non-hydrogen) atoms. The van der Waals surface area contributed by atoms with Gasteiger partial charge in [-0.05, 0) is 30.3 Å². The van der Waals surface area contributed by atoms with E-state index >= 15 is 0 Å². The van der Waals surface area contributed by atoms with E-state index in [1.54, 1.807) is 28.0 Å². The SMILES string of the molecule is O=C(Nc1cc(Cl)cc(Cl)c1)N1CCN(c2c(F)cccc2F)CC1. The molecule has 2 amide bonds. The summed E-state index contributed by atoms with van der Waals surface area (Å²) < 4.78 is 27.7.